The van der Waals surface area contributed by atoms with Gasteiger partial charge in [-0.1, -0.05) is 11.3 Å². The second kappa shape index (κ2) is 5.33. The first-order chi connectivity index (χ1) is 10.1. The Morgan fingerprint density at radius 3 is 2.67 bits per heavy atom. The molecule has 0 aliphatic rings. The maximum absolute atomic E-state index is 12.1. The SMILES string of the molecule is Cc1nnc(NC(=O)c2ccn(-c3ccc(N)cc3)n2)s1. The number of hydrogen-bond acceptors (Lipinski definition) is 6. The summed E-state index contributed by atoms with van der Waals surface area (Å²) in [6.45, 7) is 1.82. The highest BCUT2D eigenvalue weighted by molar-refractivity contribution is 7.15. The predicted octanol–water partition coefficient (Wildman–Crippen LogP) is 1.87. The van der Waals surface area contributed by atoms with Gasteiger partial charge in [-0.05, 0) is 37.3 Å². The molecule has 0 saturated carbocycles. The highest BCUT2D eigenvalue weighted by atomic mass is 32.1. The molecule has 2 aromatic heterocycles. The van der Waals surface area contributed by atoms with Crippen LogP contribution in [0.5, 0.6) is 0 Å². The molecule has 1 aromatic carbocycles. The van der Waals surface area contributed by atoms with Crippen LogP contribution in [0.3, 0.4) is 0 Å². The van der Waals surface area contributed by atoms with E-state index in [0.29, 0.717) is 16.5 Å². The number of carbonyl (C=O) groups excluding carboxylic acids is 1. The fourth-order valence-corrected chi connectivity index (χ4v) is 2.31. The molecule has 2 heterocycles. The van der Waals surface area contributed by atoms with Crippen molar-refractivity contribution in [3.8, 4) is 5.69 Å². The molecule has 0 radical (unpaired) electrons. The number of benzene rings is 1. The zero-order valence-corrected chi connectivity index (χ0v) is 12.0. The lowest BCUT2D eigenvalue weighted by atomic mass is 10.3. The zero-order chi connectivity index (χ0) is 14.8. The number of amides is 1. The fourth-order valence-electron chi connectivity index (χ4n) is 1.72. The van der Waals surface area contributed by atoms with Crippen molar-refractivity contribution in [2.24, 2.45) is 0 Å². The van der Waals surface area contributed by atoms with Gasteiger partial charge in [0, 0.05) is 11.9 Å². The van der Waals surface area contributed by atoms with Gasteiger partial charge in [-0.25, -0.2) is 4.68 Å². The summed E-state index contributed by atoms with van der Waals surface area (Å²) in [6.07, 6.45) is 1.71. The molecule has 3 rings (SSSR count). The van der Waals surface area contributed by atoms with Crippen molar-refractivity contribution in [2.45, 2.75) is 6.92 Å². The van der Waals surface area contributed by atoms with E-state index in [1.165, 1.54) is 11.3 Å². The lowest BCUT2D eigenvalue weighted by Gasteiger charge is -2.01. The molecule has 0 bridgehead atoms. The van der Waals surface area contributed by atoms with Crippen LogP contribution in [0.2, 0.25) is 0 Å². The minimum atomic E-state index is -0.319. The van der Waals surface area contributed by atoms with E-state index in [0.717, 1.165) is 10.7 Å². The van der Waals surface area contributed by atoms with Crippen LogP contribution in [0.15, 0.2) is 36.5 Å². The van der Waals surface area contributed by atoms with Gasteiger partial charge in [0.05, 0.1) is 5.69 Å². The maximum Gasteiger partial charge on any atom is 0.277 e. The Kier molecular flexibility index (Phi) is 3.36. The molecule has 106 valence electrons. The largest absolute Gasteiger partial charge is 0.399 e. The number of anilines is 2. The Bertz CT molecular complexity index is 776. The smallest absolute Gasteiger partial charge is 0.277 e. The molecule has 3 aromatic rings. The molecule has 0 fully saturated rings. The standard InChI is InChI=1S/C13H12N6OS/c1-8-16-17-13(21-8)15-12(20)11-6-7-19(18-11)10-4-2-9(14)3-5-10/h2-7H,14H2,1H3,(H,15,17,20). The second-order valence-corrected chi connectivity index (χ2v) is 5.50. The normalized spacial score (nSPS) is 10.5. The molecule has 7 nitrogen and oxygen atoms in total. The van der Waals surface area contributed by atoms with Crippen LogP contribution >= 0.6 is 11.3 Å². The van der Waals surface area contributed by atoms with Crippen LogP contribution in [0.4, 0.5) is 10.8 Å². The Labute approximate surface area is 124 Å². The Morgan fingerprint density at radius 2 is 2.00 bits per heavy atom. The highest BCUT2D eigenvalue weighted by Crippen LogP contribution is 2.15. The fraction of sp³-hybridized carbons (Fsp3) is 0.0769. The molecule has 0 aliphatic heterocycles. The van der Waals surface area contributed by atoms with Crippen molar-refractivity contribution in [1.82, 2.24) is 20.0 Å². The summed E-state index contributed by atoms with van der Waals surface area (Å²) < 4.78 is 1.61. The van der Waals surface area contributed by atoms with E-state index in [1.54, 1.807) is 29.1 Å². The number of rotatable bonds is 3. The molecule has 8 heteroatoms. The first-order valence-corrected chi connectivity index (χ1v) is 6.96. The summed E-state index contributed by atoms with van der Waals surface area (Å²) in [5.41, 5.74) is 7.45. The van der Waals surface area contributed by atoms with Crippen LogP contribution in [-0.2, 0) is 0 Å². The third kappa shape index (κ3) is 2.90. The lowest BCUT2D eigenvalue weighted by molar-refractivity contribution is 0.102. The zero-order valence-electron chi connectivity index (χ0n) is 11.1. The van der Waals surface area contributed by atoms with Gasteiger partial charge >= 0.3 is 0 Å². The van der Waals surface area contributed by atoms with Crippen molar-refractivity contribution in [3.63, 3.8) is 0 Å². The number of nitrogens with one attached hydrogen (secondary N) is 1. The third-order valence-corrected chi connectivity index (χ3v) is 3.48. The van der Waals surface area contributed by atoms with E-state index in [4.69, 9.17) is 5.73 Å². The molecule has 1 amide bonds. The molecule has 0 atom stereocenters. The van der Waals surface area contributed by atoms with E-state index in [9.17, 15) is 4.79 Å². The van der Waals surface area contributed by atoms with Gasteiger partial charge in [-0.15, -0.1) is 10.2 Å². The highest BCUT2D eigenvalue weighted by Gasteiger charge is 2.12. The summed E-state index contributed by atoms with van der Waals surface area (Å²) >= 11 is 1.31. The first-order valence-electron chi connectivity index (χ1n) is 6.15. The number of nitrogens with two attached hydrogens (primary N) is 1. The van der Waals surface area contributed by atoms with E-state index in [2.05, 4.69) is 20.6 Å². The van der Waals surface area contributed by atoms with Gasteiger partial charge in [-0.3, -0.25) is 10.1 Å². The third-order valence-electron chi connectivity index (χ3n) is 2.73. The Hall–Kier alpha value is -2.74. The van der Waals surface area contributed by atoms with Gasteiger partial charge in [0.25, 0.3) is 5.91 Å². The van der Waals surface area contributed by atoms with Crippen LogP contribution < -0.4 is 11.1 Å². The predicted molar refractivity (Wildman–Crippen MR) is 80.6 cm³/mol. The number of aryl methyl sites for hydroxylation is 1. The van der Waals surface area contributed by atoms with Gasteiger partial charge in [-0.2, -0.15) is 5.10 Å². The Morgan fingerprint density at radius 1 is 1.24 bits per heavy atom. The van der Waals surface area contributed by atoms with Crippen LogP contribution in [0.1, 0.15) is 15.5 Å². The molecule has 0 spiro atoms. The van der Waals surface area contributed by atoms with Crippen molar-refractivity contribution in [1.29, 1.82) is 0 Å². The van der Waals surface area contributed by atoms with Crippen LogP contribution in [0, 0.1) is 6.92 Å². The molecule has 0 aliphatic carbocycles. The second-order valence-electron chi connectivity index (χ2n) is 4.32. The first kappa shape index (κ1) is 13.3. The monoisotopic (exact) mass is 300 g/mol. The minimum absolute atomic E-state index is 0.305. The average molecular weight is 300 g/mol. The number of nitrogens with zero attached hydrogens (tertiary/aromatic N) is 4. The number of nitrogen functional groups attached to an aromatic ring is 1. The van der Waals surface area contributed by atoms with Crippen LogP contribution in [0.25, 0.3) is 5.69 Å². The summed E-state index contributed by atoms with van der Waals surface area (Å²) in [6, 6.07) is 8.86. The summed E-state index contributed by atoms with van der Waals surface area (Å²) in [5, 5.41) is 15.8. The van der Waals surface area contributed by atoms with Crippen LogP contribution in [-0.4, -0.2) is 25.9 Å². The summed E-state index contributed by atoms with van der Waals surface area (Å²) in [5.74, 6) is -0.319. The van der Waals surface area contributed by atoms with Gasteiger partial charge in [0.15, 0.2) is 5.69 Å². The summed E-state index contributed by atoms with van der Waals surface area (Å²) in [4.78, 5) is 12.1. The number of aromatic nitrogens is 4. The van der Waals surface area contributed by atoms with Gasteiger partial charge < -0.3 is 5.73 Å². The van der Waals surface area contributed by atoms with Crippen molar-refractivity contribution in [3.05, 3.63) is 47.2 Å². The van der Waals surface area contributed by atoms with E-state index >= 15 is 0 Å². The minimum Gasteiger partial charge on any atom is -0.399 e. The van der Waals surface area contributed by atoms with Crippen molar-refractivity contribution in [2.75, 3.05) is 11.1 Å². The topological polar surface area (TPSA) is 98.7 Å². The van der Waals surface area contributed by atoms with Gasteiger partial charge in [0.1, 0.15) is 5.01 Å². The summed E-state index contributed by atoms with van der Waals surface area (Å²) in [7, 11) is 0. The number of carbonyl (C=O) groups is 1. The van der Waals surface area contributed by atoms with Gasteiger partial charge in [0.2, 0.25) is 5.13 Å². The number of hydrogen-bond donors (Lipinski definition) is 2. The molecular formula is C13H12N6OS. The van der Waals surface area contributed by atoms with Crippen molar-refractivity contribution < 1.29 is 4.79 Å². The molecule has 21 heavy (non-hydrogen) atoms. The maximum atomic E-state index is 12.1. The molecule has 0 saturated heterocycles. The molecular weight excluding hydrogens is 288 g/mol. The van der Waals surface area contributed by atoms with E-state index in [1.807, 2.05) is 19.1 Å². The van der Waals surface area contributed by atoms with E-state index < -0.39 is 0 Å². The average Bonchev–Trinajstić information content (AvgIpc) is 3.09. The molecule has 3 N–H and O–H groups in total. The molecule has 0 unspecified atom stereocenters. The van der Waals surface area contributed by atoms with Crippen molar-refractivity contribution >= 4 is 28.1 Å². The Balaban J connectivity index is 1.78. The quantitative estimate of drug-likeness (QED) is 0.719. The lowest BCUT2D eigenvalue weighted by Crippen LogP contribution is -2.13. The van der Waals surface area contributed by atoms with E-state index in [-0.39, 0.29) is 5.91 Å².